The lowest BCUT2D eigenvalue weighted by atomic mass is 10.0. The van der Waals surface area contributed by atoms with Crippen molar-refractivity contribution in [2.24, 2.45) is 0 Å². The smallest absolute Gasteiger partial charge is 0.233 e. The van der Waals surface area contributed by atoms with Gasteiger partial charge in [0.05, 0.1) is 0 Å². The minimum absolute atomic E-state index is 0.362. The molecule has 0 saturated heterocycles. The van der Waals surface area contributed by atoms with Crippen molar-refractivity contribution < 1.29 is 9.59 Å². The highest BCUT2D eigenvalue weighted by Crippen LogP contribution is 2.19. The van der Waals surface area contributed by atoms with Gasteiger partial charge < -0.3 is 9.80 Å². The van der Waals surface area contributed by atoms with Crippen molar-refractivity contribution >= 4 is 22.9 Å². The lowest BCUT2D eigenvalue weighted by Crippen LogP contribution is -2.25. The lowest BCUT2D eigenvalue weighted by molar-refractivity contribution is 0.0817. The number of hydrogen-bond acceptors (Lipinski definition) is 4. The summed E-state index contributed by atoms with van der Waals surface area (Å²) in [4.78, 5) is 29.2. The van der Waals surface area contributed by atoms with E-state index in [4.69, 9.17) is 0 Å². The maximum atomic E-state index is 12.5. The quantitative estimate of drug-likeness (QED) is 0.545. The summed E-state index contributed by atoms with van der Waals surface area (Å²) >= 11 is 0. The number of ketones is 2. The zero-order valence-corrected chi connectivity index (χ0v) is 16.5. The minimum Gasteiger partial charge on any atom is -0.372 e. The van der Waals surface area contributed by atoms with Crippen LogP contribution in [0.4, 0.5) is 11.4 Å². The van der Waals surface area contributed by atoms with Crippen LogP contribution in [0.25, 0.3) is 0 Å². The van der Waals surface area contributed by atoms with Gasteiger partial charge in [0.1, 0.15) is 0 Å². The van der Waals surface area contributed by atoms with Crippen molar-refractivity contribution in [3.8, 4) is 0 Å². The molecule has 0 radical (unpaired) electrons. The van der Waals surface area contributed by atoms with Crippen LogP contribution in [0.15, 0.2) is 48.5 Å². The van der Waals surface area contributed by atoms with Crippen molar-refractivity contribution in [1.82, 2.24) is 0 Å². The highest BCUT2D eigenvalue weighted by Gasteiger charge is 2.19. The van der Waals surface area contributed by atoms with Crippen molar-refractivity contribution in [3.63, 3.8) is 0 Å². The first-order valence-electron chi connectivity index (χ1n) is 8.97. The van der Waals surface area contributed by atoms with Gasteiger partial charge in [0.15, 0.2) is 0 Å². The molecule has 0 aromatic heterocycles. The maximum absolute atomic E-state index is 12.5. The summed E-state index contributed by atoms with van der Waals surface area (Å²) < 4.78 is 0. The number of nitrogens with zero attached hydrogens (tertiary/aromatic N) is 2. The van der Waals surface area contributed by atoms with Crippen molar-refractivity contribution in [2.45, 2.75) is 39.8 Å². The molecule has 0 amide bonds. The Hall–Kier alpha value is -2.62. The molecule has 2 aromatic carbocycles. The van der Waals surface area contributed by atoms with E-state index < -0.39 is 11.6 Å². The number of hydrogen-bond donors (Lipinski definition) is 0. The van der Waals surface area contributed by atoms with Crippen LogP contribution in [-0.2, 0) is 0 Å². The highest BCUT2D eigenvalue weighted by molar-refractivity contribution is 6.49. The molecule has 0 spiro atoms. The molecular weight excluding hydrogens is 324 g/mol. The van der Waals surface area contributed by atoms with E-state index in [0.717, 1.165) is 11.4 Å². The number of Topliss-reactive ketones (excluding diaryl/α,β-unsaturated/α-hetero) is 2. The predicted molar refractivity (Wildman–Crippen MR) is 109 cm³/mol. The fourth-order valence-electron chi connectivity index (χ4n) is 2.55. The molecule has 4 nitrogen and oxygen atoms in total. The minimum atomic E-state index is -0.478. The standard InChI is InChI=1S/C22H28N2O2/c1-15(2)23(5)19-11-7-17(8-12-19)21(25)22(26)18-9-13-20(14-10-18)24(6)16(3)4/h7-16H,1-6H3. The average molecular weight is 352 g/mol. The summed E-state index contributed by atoms with van der Waals surface area (Å²) in [5, 5.41) is 0. The summed E-state index contributed by atoms with van der Waals surface area (Å²) in [6, 6.07) is 15.1. The van der Waals surface area contributed by atoms with Crippen molar-refractivity contribution in [2.75, 3.05) is 23.9 Å². The summed E-state index contributed by atoms with van der Waals surface area (Å²) in [5.41, 5.74) is 2.87. The fraction of sp³-hybridized carbons (Fsp3) is 0.364. The molecule has 26 heavy (non-hydrogen) atoms. The molecule has 2 rings (SSSR count). The topological polar surface area (TPSA) is 40.6 Å². The van der Waals surface area contributed by atoms with Crippen molar-refractivity contribution in [1.29, 1.82) is 0 Å². The molecule has 0 unspecified atom stereocenters. The molecule has 0 aliphatic rings. The average Bonchev–Trinajstić information content (AvgIpc) is 2.65. The Labute approximate surface area is 156 Å². The molecule has 0 aliphatic heterocycles. The lowest BCUT2D eigenvalue weighted by Gasteiger charge is -2.24. The van der Waals surface area contributed by atoms with Crippen LogP contribution >= 0.6 is 0 Å². The van der Waals surface area contributed by atoms with Gasteiger partial charge in [0, 0.05) is 48.7 Å². The second kappa shape index (κ2) is 8.17. The van der Waals surface area contributed by atoms with Crippen LogP contribution in [0, 0.1) is 0 Å². The van der Waals surface area contributed by atoms with Crippen LogP contribution < -0.4 is 9.80 Å². The first-order chi connectivity index (χ1) is 12.2. The van der Waals surface area contributed by atoms with Crippen molar-refractivity contribution in [3.05, 3.63) is 59.7 Å². The Balaban J connectivity index is 2.15. The molecule has 0 fully saturated rings. The van der Waals surface area contributed by atoms with E-state index in [-0.39, 0.29) is 0 Å². The predicted octanol–water partition coefficient (Wildman–Crippen LogP) is 4.44. The summed E-state index contributed by atoms with van der Waals surface area (Å²) in [7, 11) is 4.00. The zero-order valence-electron chi connectivity index (χ0n) is 16.5. The van der Waals surface area contributed by atoms with Gasteiger partial charge >= 0.3 is 0 Å². The highest BCUT2D eigenvalue weighted by atomic mass is 16.2. The summed E-state index contributed by atoms with van der Waals surface area (Å²) in [6.07, 6.45) is 0. The van der Waals surface area contributed by atoms with Gasteiger partial charge in [-0.1, -0.05) is 0 Å². The van der Waals surface area contributed by atoms with E-state index in [1.165, 1.54) is 0 Å². The largest absolute Gasteiger partial charge is 0.372 e. The summed E-state index contributed by atoms with van der Waals surface area (Å²) in [5.74, 6) is -0.956. The van der Waals surface area contributed by atoms with Gasteiger partial charge in [0.2, 0.25) is 11.6 Å². The van der Waals surface area contributed by atoms with Gasteiger partial charge in [-0.15, -0.1) is 0 Å². The number of carbonyl (C=O) groups is 2. The second-order valence-corrected chi connectivity index (χ2v) is 7.16. The zero-order chi connectivity index (χ0) is 19.4. The van der Waals surface area contributed by atoms with E-state index in [1.54, 1.807) is 24.3 Å². The second-order valence-electron chi connectivity index (χ2n) is 7.16. The molecule has 0 bridgehead atoms. The normalized spacial score (nSPS) is 10.9. The van der Waals surface area contributed by atoms with Crippen LogP contribution in [0.2, 0.25) is 0 Å². The molecule has 0 saturated carbocycles. The number of rotatable bonds is 7. The molecule has 2 aromatic rings. The summed E-state index contributed by atoms with van der Waals surface area (Å²) in [6.45, 7) is 8.40. The molecule has 0 N–H and O–H groups in total. The van der Waals surface area contributed by atoms with Crippen LogP contribution in [0.3, 0.4) is 0 Å². The Morgan fingerprint density at radius 2 is 0.885 bits per heavy atom. The third-order valence-corrected chi connectivity index (χ3v) is 4.83. The molecule has 0 aliphatic carbocycles. The molecule has 0 heterocycles. The third kappa shape index (κ3) is 4.31. The van der Waals surface area contributed by atoms with Crippen LogP contribution in [-0.4, -0.2) is 37.7 Å². The van der Waals surface area contributed by atoms with Gasteiger partial charge in [-0.3, -0.25) is 9.59 Å². The molecule has 4 heteroatoms. The molecule has 0 atom stereocenters. The number of anilines is 2. The Morgan fingerprint density at radius 3 is 1.12 bits per heavy atom. The van der Waals surface area contributed by atoms with Crippen LogP contribution in [0.1, 0.15) is 48.4 Å². The Morgan fingerprint density at radius 1 is 0.615 bits per heavy atom. The van der Waals surface area contributed by atoms with E-state index in [1.807, 2.05) is 38.4 Å². The van der Waals surface area contributed by atoms with E-state index >= 15 is 0 Å². The maximum Gasteiger partial charge on any atom is 0.233 e. The van der Waals surface area contributed by atoms with Gasteiger partial charge in [-0.05, 0) is 76.2 Å². The molecule has 138 valence electrons. The van der Waals surface area contributed by atoms with Gasteiger partial charge in [-0.2, -0.15) is 0 Å². The Kier molecular flexibility index (Phi) is 6.19. The monoisotopic (exact) mass is 352 g/mol. The third-order valence-electron chi connectivity index (χ3n) is 4.83. The SMILES string of the molecule is CC(C)N(C)c1ccc(C(=O)C(=O)c2ccc(N(C)C(C)C)cc2)cc1. The Bertz CT molecular complexity index is 694. The first kappa shape index (κ1) is 19.7. The van der Waals surface area contributed by atoms with E-state index in [9.17, 15) is 9.59 Å². The van der Waals surface area contributed by atoms with Crippen LogP contribution in [0.5, 0.6) is 0 Å². The van der Waals surface area contributed by atoms with E-state index in [0.29, 0.717) is 23.2 Å². The molecular formula is C22H28N2O2. The first-order valence-corrected chi connectivity index (χ1v) is 8.97. The van der Waals surface area contributed by atoms with Gasteiger partial charge in [0.25, 0.3) is 0 Å². The number of carbonyl (C=O) groups excluding carboxylic acids is 2. The number of benzene rings is 2. The van der Waals surface area contributed by atoms with E-state index in [2.05, 4.69) is 37.5 Å². The fourth-order valence-corrected chi connectivity index (χ4v) is 2.55. The van der Waals surface area contributed by atoms with Gasteiger partial charge in [-0.25, -0.2) is 0 Å².